The molecule has 0 saturated carbocycles. The highest BCUT2D eigenvalue weighted by Crippen LogP contribution is 2.11. The molecule has 0 aliphatic heterocycles. The van der Waals surface area contributed by atoms with E-state index in [2.05, 4.69) is 38.5 Å². The van der Waals surface area contributed by atoms with Gasteiger partial charge in [0.25, 0.3) is 0 Å². The van der Waals surface area contributed by atoms with Crippen LogP contribution in [-0.4, -0.2) is 57.9 Å². The zero-order valence-electron chi connectivity index (χ0n) is 16.3. The second kappa shape index (κ2) is 13.7. The van der Waals surface area contributed by atoms with Crippen LogP contribution in [0.25, 0.3) is 0 Å². The first-order valence-corrected chi connectivity index (χ1v) is 10.5. The number of urea groups is 1. The molecule has 0 aliphatic carbocycles. The zero-order valence-corrected chi connectivity index (χ0v) is 18.4. The van der Waals surface area contributed by atoms with Gasteiger partial charge in [-0.05, 0) is 66.4 Å². The molecule has 2 amide bonds. The van der Waals surface area contributed by atoms with Crippen LogP contribution in [0.4, 0.5) is 4.79 Å². The Balaban J connectivity index is 2.36. The van der Waals surface area contributed by atoms with E-state index >= 15 is 0 Å². The fraction of sp³-hybridized carbons (Fsp3) is 0.474. The highest BCUT2D eigenvalue weighted by atomic mass is 127. The molecule has 10 nitrogen and oxygen atoms in total. The monoisotopic (exact) mass is 535 g/mol. The molecule has 0 aromatic heterocycles. The van der Waals surface area contributed by atoms with Crippen LogP contribution >= 0.6 is 22.6 Å². The lowest BCUT2D eigenvalue weighted by atomic mass is 10.1. The maximum absolute atomic E-state index is 11.9. The average molecular weight is 535 g/mol. The van der Waals surface area contributed by atoms with Crippen LogP contribution in [0.2, 0.25) is 0 Å². The van der Waals surface area contributed by atoms with E-state index in [0.717, 1.165) is 3.57 Å². The maximum Gasteiger partial charge on any atom is 0.326 e. The van der Waals surface area contributed by atoms with Crippen molar-refractivity contribution in [1.29, 1.82) is 0 Å². The lowest BCUT2D eigenvalue weighted by Crippen LogP contribution is -2.51. The Kier molecular flexibility index (Phi) is 11.7. The van der Waals surface area contributed by atoms with E-state index in [4.69, 9.17) is 10.2 Å². The number of carboxylic acids is 3. The summed E-state index contributed by atoms with van der Waals surface area (Å²) in [4.78, 5) is 45.0. The van der Waals surface area contributed by atoms with Crippen molar-refractivity contribution in [3.05, 3.63) is 33.4 Å². The number of carboxylic acid groups (broad SMARTS) is 3. The van der Waals surface area contributed by atoms with Crippen molar-refractivity contribution >= 4 is 46.5 Å². The third-order valence-electron chi connectivity index (χ3n) is 4.22. The topological polar surface area (TPSA) is 165 Å². The Hall–Kier alpha value is -2.41. The molecule has 11 heteroatoms. The summed E-state index contributed by atoms with van der Waals surface area (Å²) in [6.07, 6.45) is 0.682. The van der Waals surface area contributed by atoms with Gasteiger partial charge < -0.3 is 31.3 Å². The lowest BCUT2D eigenvalue weighted by molar-refractivity contribution is -0.140. The summed E-state index contributed by atoms with van der Waals surface area (Å²) in [5, 5.41) is 34.6. The van der Waals surface area contributed by atoms with E-state index in [1.807, 2.05) is 24.3 Å². The van der Waals surface area contributed by atoms with Crippen LogP contribution in [-0.2, 0) is 20.9 Å². The fourth-order valence-corrected chi connectivity index (χ4v) is 3.18. The van der Waals surface area contributed by atoms with Crippen LogP contribution in [0.3, 0.4) is 0 Å². The molecule has 0 saturated heterocycles. The summed E-state index contributed by atoms with van der Waals surface area (Å²) in [6.45, 7) is 1.38. The molecule has 1 unspecified atom stereocenters. The number of unbranched alkanes of at least 4 members (excludes halogenated alkanes) is 1. The summed E-state index contributed by atoms with van der Waals surface area (Å²) in [7, 11) is 0. The molecular weight excluding hydrogens is 509 g/mol. The molecule has 0 fully saturated rings. The van der Waals surface area contributed by atoms with E-state index in [0.29, 0.717) is 25.9 Å². The molecule has 6 N–H and O–H groups in total. The zero-order chi connectivity index (χ0) is 22.5. The van der Waals surface area contributed by atoms with Crippen LogP contribution < -0.4 is 16.0 Å². The molecule has 1 aromatic carbocycles. The highest BCUT2D eigenvalue weighted by molar-refractivity contribution is 14.1. The maximum atomic E-state index is 11.9. The number of nitrogens with one attached hydrogen (secondary N) is 3. The SMILES string of the molecule is O=C(O)CC[C@H](NC(=O)NC(CCCCNCc1ccccc1I)C(=O)O)C(=O)O. The second-order valence-electron chi connectivity index (χ2n) is 6.60. The van der Waals surface area contributed by atoms with Gasteiger partial charge in [0.05, 0.1) is 0 Å². The molecule has 0 spiro atoms. The van der Waals surface area contributed by atoms with Gasteiger partial charge in [-0.25, -0.2) is 14.4 Å². The van der Waals surface area contributed by atoms with Gasteiger partial charge in [-0.1, -0.05) is 18.2 Å². The molecular formula is C19H26IN3O7. The highest BCUT2D eigenvalue weighted by Gasteiger charge is 2.24. The van der Waals surface area contributed by atoms with Gasteiger partial charge in [0.1, 0.15) is 12.1 Å². The van der Waals surface area contributed by atoms with Crippen LogP contribution in [0.1, 0.15) is 37.7 Å². The number of halogens is 1. The summed E-state index contributed by atoms with van der Waals surface area (Å²) in [6, 6.07) is 4.42. The van der Waals surface area contributed by atoms with Gasteiger partial charge in [-0.2, -0.15) is 0 Å². The molecule has 166 valence electrons. The molecule has 0 radical (unpaired) electrons. The van der Waals surface area contributed by atoms with Gasteiger partial charge in [0.15, 0.2) is 0 Å². The predicted octanol–water partition coefficient (Wildman–Crippen LogP) is 1.62. The van der Waals surface area contributed by atoms with Gasteiger partial charge in [-0.3, -0.25) is 4.79 Å². The van der Waals surface area contributed by atoms with E-state index < -0.39 is 42.4 Å². The predicted molar refractivity (Wildman–Crippen MR) is 116 cm³/mol. The molecule has 1 aromatic rings. The third kappa shape index (κ3) is 10.4. The van der Waals surface area contributed by atoms with Gasteiger partial charge in [-0.15, -0.1) is 0 Å². The average Bonchev–Trinajstić information content (AvgIpc) is 2.67. The Morgan fingerprint density at radius 3 is 2.07 bits per heavy atom. The van der Waals surface area contributed by atoms with Crippen molar-refractivity contribution in [2.24, 2.45) is 0 Å². The first kappa shape index (κ1) is 25.6. The molecule has 1 rings (SSSR count). The van der Waals surface area contributed by atoms with Crippen LogP contribution in [0.5, 0.6) is 0 Å². The van der Waals surface area contributed by atoms with E-state index in [-0.39, 0.29) is 12.8 Å². The number of aliphatic carboxylic acids is 3. The number of amides is 2. The second-order valence-corrected chi connectivity index (χ2v) is 7.76. The van der Waals surface area contributed by atoms with Gasteiger partial charge in [0.2, 0.25) is 0 Å². The van der Waals surface area contributed by atoms with E-state index in [1.54, 1.807) is 0 Å². The summed E-state index contributed by atoms with van der Waals surface area (Å²) >= 11 is 2.26. The first-order valence-electron chi connectivity index (χ1n) is 9.39. The van der Waals surface area contributed by atoms with Gasteiger partial charge >= 0.3 is 23.9 Å². The number of carbonyl (C=O) groups is 4. The number of hydrogen-bond donors (Lipinski definition) is 6. The summed E-state index contributed by atoms with van der Waals surface area (Å²) in [5.41, 5.74) is 1.18. The summed E-state index contributed by atoms with van der Waals surface area (Å²) < 4.78 is 1.16. The van der Waals surface area contributed by atoms with Crippen LogP contribution in [0, 0.1) is 3.57 Å². The lowest BCUT2D eigenvalue weighted by Gasteiger charge is -2.18. The molecule has 0 aliphatic rings. The minimum atomic E-state index is -1.42. The van der Waals surface area contributed by atoms with Crippen molar-refractivity contribution in [2.45, 2.75) is 50.7 Å². The standard InChI is InChI=1S/C19H26IN3O7/c20-13-6-2-1-5-12(13)11-21-10-4-3-7-14(17(26)27)22-19(30)23-15(18(28)29)8-9-16(24)25/h1-2,5-6,14-15,21H,3-4,7-11H2,(H,24,25)(H,26,27)(H,28,29)(H2,22,23,30)/t14?,15-/m0/s1. The summed E-state index contributed by atoms with van der Waals surface area (Å²) in [5.74, 6) is -3.81. The molecule has 2 atom stereocenters. The van der Waals surface area contributed by atoms with E-state index in [1.165, 1.54) is 5.56 Å². The Morgan fingerprint density at radius 1 is 0.900 bits per heavy atom. The molecule has 0 heterocycles. The minimum Gasteiger partial charge on any atom is -0.481 e. The number of hydrogen-bond acceptors (Lipinski definition) is 5. The van der Waals surface area contributed by atoms with Crippen molar-refractivity contribution in [2.75, 3.05) is 6.54 Å². The van der Waals surface area contributed by atoms with Crippen molar-refractivity contribution in [1.82, 2.24) is 16.0 Å². The van der Waals surface area contributed by atoms with E-state index in [9.17, 15) is 24.3 Å². The normalized spacial score (nSPS) is 12.6. The Morgan fingerprint density at radius 2 is 1.50 bits per heavy atom. The van der Waals surface area contributed by atoms with Crippen molar-refractivity contribution < 1.29 is 34.5 Å². The number of benzene rings is 1. The van der Waals surface area contributed by atoms with Gasteiger partial charge in [0, 0.05) is 16.5 Å². The van der Waals surface area contributed by atoms with Crippen molar-refractivity contribution in [3.8, 4) is 0 Å². The fourth-order valence-electron chi connectivity index (χ4n) is 2.60. The minimum absolute atomic E-state index is 0.181. The largest absolute Gasteiger partial charge is 0.481 e. The Bertz CT molecular complexity index is 745. The quantitative estimate of drug-likeness (QED) is 0.155. The molecule has 30 heavy (non-hydrogen) atoms. The number of carbonyl (C=O) groups excluding carboxylic acids is 1. The number of rotatable bonds is 14. The molecule has 0 bridgehead atoms. The van der Waals surface area contributed by atoms with Crippen LogP contribution in [0.15, 0.2) is 24.3 Å². The Labute approximate surface area is 187 Å². The van der Waals surface area contributed by atoms with Crippen molar-refractivity contribution in [3.63, 3.8) is 0 Å². The first-order chi connectivity index (χ1) is 14.2. The third-order valence-corrected chi connectivity index (χ3v) is 5.28. The smallest absolute Gasteiger partial charge is 0.326 e.